The molecule has 1 aliphatic rings. The van der Waals surface area contributed by atoms with Gasteiger partial charge >= 0.3 is 6.09 Å². The highest BCUT2D eigenvalue weighted by atomic mass is 16.6. The number of carbonyl (C=O) groups is 1. The van der Waals surface area contributed by atoms with Gasteiger partial charge in [0.2, 0.25) is 0 Å². The molecule has 1 aliphatic carbocycles. The minimum absolute atomic E-state index is 0.00883. The first-order valence-electron chi connectivity index (χ1n) is 10.2. The molecule has 3 aromatic rings. The Hall–Kier alpha value is -4.20. The van der Waals surface area contributed by atoms with Crippen molar-refractivity contribution in [2.75, 3.05) is 13.2 Å². The van der Waals surface area contributed by atoms with Crippen molar-refractivity contribution in [3.05, 3.63) is 105 Å². The zero-order chi connectivity index (χ0) is 22.5. The highest BCUT2D eigenvalue weighted by Gasteiger charge is 2.28. The van der Waals surface area contributed by atoms with E-state index in [9.17, 15) is 20.1 Å². The van der Waals surface area contributed by atoms with Crippen molar-refractivity contribution < 1.29 is 19.2 Å². The van der Waals surface area contributed by atoms with Crippen LogP contribution in [0.3, 0.4) is 0 Å². The van der Waals surface area contributed by atoms with E-state index in [0.717, 1.165) is 40.7 Å². The Balaban J connectivity index is 1.29. The van der Waals surface area contributed by atoms with E-state index in [-0.39, 0.29) is 23.8 Å². The second-order valence-corrected chi connectivity index (χ2v) is 7.35. The van der Waals surface area contributed by atoms with Crippen LogP contribution in [0.25, 0.3) is 17.2 Å². The van der Waals surface area contributed by atoms with Crippen LogP contribution in [0.4, 0.5) is 10.5 Å². The predicted octanol–water partition coefficient (Wildman–Crippen LogP) is 4.17. The van der Waals surface area contributed by atoms with E-state index in [0.29, 0.717) is 17.7 Å². The Morgan fingerprint density at radius 3 is 2.41 bits per heavy atom. The monoisotopic (exact) mass is 431 g/mol. The highest BCUT2D eigenvalue weighted by molar-refractivity contribution is 5.79. The van der Waals surface area contributed by atoms with E-state index >= 15 is 0 Å². The van der Waals surface area contributed by atoms with E-state index in [4.69, 9.17) is 4.74 Å². The first-order valence-corrected chi connectivity index (χ1v) is 10.2. The third-order valence-corrected chi connectivity index (χ3v) is 5.36. The van der Waals surface area contributed by atoms with Crippen molar-refractivity contribution in [2.24, 2.45) is 0 Å². The van der Waals surface area contributed by atoms with Crippen LogP contribution in [0, 0.1) is 15.3 Å². The molecule has 4 rings (SSSR count). The number of rotatable bonds is 7. The van der Waals surface area contributed by atoms with Gasteiger partial charge in [0.25, 0.3) is 5.69 Å². The number of nitro groups is 1. The largest absolute Gasteiger partial charge is 0.619 e. The van der Waals surface area contributed by atoms with Crippen LogP contribution in [-0.4, -0.2) is 24.2 Å². The number of nitrogens with one attached hydrogen (secondary N) is 1. The van der Waals surface area contributed by atoms with Gasteiger partial charge in [-0.05, 0) is 34.8 Å². The van der Waals surface area contributed by atoms with Gasteiger partial charge in [0, 0.05) is 12.5 Å². The summed E-state index contributed by atoms with van der Waals surface area (Å²) in [5.74, 6) is -0.00883. The minimum atomic E-state index is -0.547. The summed E-state index contributed by atoms with van der Waals surface area (Å²) in [5, 5.41) is 25.1. The number of alkyl carbamates (subject to hydrolysis) is 1. The lowest BCUT2D eigenvalue weighted by atomic mass is 9.98. The van der Waals surface area contributed by atoms with Crippen LogP contribution in [0.5, 0.6) is 0 Å². The molecule has 2 aromatic carbocycles. The molecule has 0 unspecified atom stereocenters. The van der Waals surface area contributed by atoms with Crippen LogP contribution in [-0.2, 0) is 4.74 Å². The molecule has 0 radical (unpaired) electrons. The molecular formula is C24H21N3O5. The van der Waals surface area contributed by atoms with E-state index in [1.54, 1.807) is 6.08 Å². The molecule has 1 aromatic heterocycles. The van der Waals surface area contributed by atoms with Gasteiger partial charge in [-0.1, -0.05) is 54.6 Å². The summed E-state index contributed by atoms with van der Waals surface area (Å²) in [7, 11) is 0. The maximum atomic E-state index is 12.2. The molecule has 8 heteroatoms. The lowest BCUT2D eigenvalue weighted by Crippen LogP contribution is -2.26. The van der Waals surface area contributed by atoms with Crippen molar-refractivity contribution >= 4 is 17.9 Å². The number of hydrogen-bond donors (Lipinski definition) is 1. The van der Waals surface area contributed by atoms with Gasteiger partial charge in [0.1, 0.15) is 12.2 Å². The molecule has 0 saturated heterocycles. The second-order valence-electron chi connectivity index (χ2n) is 7.35. The predicted molar refractivity (Wildman–Crippen MR) is 119 cm³/mol. The maximum Gasteiger partial charge on any atom is 0.407 e. The third-order valence-electron chi connectivity index (χ3n) is 5.36. The van der Waals surface area contributed by atoms with Crippen molar-refractivity contribution in [2.45, 2.75) is 12.3 Å². The van der Waals surface area contributed by atoms with Gasteiger partial charge < -0.3 is 15.3 Å². The van der Waals surface area contributed by atoms with Gasteiger partial charge in [-0.3, -0.25) is 10.1 Å². The molecule has 0 fully saturated rings. The zero-order valence-corrected chi connectivity index (χ0v) is 17.1. The Labute approximate surface area is 184 Å². The van der Waals surface area contributed by atoms with E-state index in [1.807, 2.05) is 24.3 Å². The first kappa shape index (κ1) is 21.0. The van der Waals surface area contributed by atoms with Crippen molar-refractivity contribution in [1.82, 2.24) is 5.32 Å². The number of amides is 1. The van der Waals surface area contributed by atoms with Crippen LogP contribution < -0.4 is 10.0 Å². The van der Waals surface area contributed by atoms with E-state index in [2.05, 4.69) is 29.6 Å². The topological polar surface area (TPSA) is 108 Å². The molecule has 162 valence electrons. The Bertz CT molecular complexity index is 1150. The van der Waals surface area contributed by atoms with Crippen molar-refractivity contribution in [3.63, 3.8) is 0 Å². The average Bonchev–Trinajstić information content (AvgIpc) is 3.11. The smallest absolute Gasteiger partial charge is 0.407 e. The number of pyridine rings is 1. The summed E-state index contributed by atoms with van der Waals surface area (Å²) in [5.41, 5.74) is 4.66. The lowest BCUT2D eigenvalue weighted by molar-refractivity contribution is -0.606. The zero-order valence-electron chi connectivity index (χ0n) is 17.1. The Kier molecular flexibility index (Phi) is 6.12. The molecule has 1 N–H and O–H groups in total. The second kappa shape index (κ2) is 9.30. The average molecular weight is 431 g/mol. The molecule has 8 nitrogen and oxygen atoms in total. The summed E-state index contributed by atoms with van der Waals surface area (Å²) < 4.78 is 5.96. The lowest BCUT2D eigenvalue weighted by Gasteiger charge is -2.14. The number of carbonyl (C=O) groups excluding carboxylic acids is 1. The molecule has 0 spiro atoms. The number of ether oxygens (including phenoxy) is 1. The molecule has 0 bridgehead atoms. The summed E-state index contributed by atoms with van der Waals surface area (Å²) >= 11 is 0. The molecule has 0 atom stereocenters. The molecule has 1 amide bonds. The summed E-state index contributed by atoms with van der Waals surface area (Å²) in [6.07, 6.45) is 5.26. The number of aromatic nitrogens is 1. The standard InChI is InChI=1S/C24H21N3O5/c28-24(25-13-6-5-7-17-15-26(29)14-12-23(17)27(30)31)32-16-22-20-10-3-1-8-18(20)19-9-2-4-11-21(19)22/h1-5,7-12,14-15,22H,6,13,16H2,(H,25,28). The van der Waals surface area contributed by atoms with Crippen molar-refractivity contribution in [3.8, 4) is 11.1 Å². The molecular weight excluding hydrogens is 410 g/mol. The third kappa shape index (κ3) is 4.44. The Morgan fingerprint density at radius 1 is 1.09 bits per heavy atom. The first-order chi connectivity index (χ1) is 15.5. The summed E-state index contributed by atoms with van der Waals surface area (Å²) in [6, 6.07) is 17.4. The normalized spacial score (nSPS) is 12.4. The van der Waals surface area contributed by atoms with Crippen LogP contribution in [0.15, 0.2) is 73.1 Å². The highest BCUT2D eigenvalue weighted by Crippen LogP contribution is 2.44. The number of fused-ring (bicyclic) bond motifs is 3. The number of hydrogen-bond acceptors (Lipinski definition) is 5. The quantitative estimate of drug-likeness (QED) is 0.199. The molecule has 0 saturated carbocycles. The fraction of sp³-hybridized carbons (Fsp3) is 0.167. The van der Waals surface area contributed by atoms with Crippen LogP contribution in [0.1, 0.15) is 29.0 Å². The van der Waals surface area contributed by atoms with Gasteiger partial charge in [-0.25, -0.2) is 4.79 Å². The molecule has 0 aliphatic heterocycles. The van der Waals surface area contributed by atoms with Gasteiger partial charge in [0.15, 0.2) is 12.4 Å². The Morgan fingerprint density at radius 2 is 1.75 bits per heavy atom. The van der Waals surface area contributed by atoms with E-state index in [1.165, 1.54) is 6.08 Å². The van der Waals surface area contributed by atoms with Crippen LogP contribution in [0.2, 0.25) is 0 Å². The summed E-state index contributed by atoms with van der Waals surface area (Å²) in [6.45, 7) is 0.528. The fourth-order valence-corrected chi connectivity index (χ4v) is 3.90. The number of nitrogens with zero attached hydrogens (tertiary/aromatic N) is 2. The SMILES string of the molecule is O=C(NCCC=Cc1c[n+]([O-])ccc1[N+](=O)[O-])OCC1c2ccccc2-c2ccccc21. The fourth-order valence-electron chi connectivity index (χ4n) is 3.90. The molecule has 32 heavy (non-hydrogen) atoms. The van der Waals surface area contributed by atoms with E-state index < -0.39 is 11.0 Å². The van der Waals surface area contributed by atoms with Gasteiger partial charge in [0.05, 0.1) is 11.0 Å². The van der Waals surface area contributed by atoms with Crippen molar-refractivity contribution in [1.29, 1.82) is 0 Å². The minimum Gasteiger partial charge on any atom is -0.619 e. The van der Waals surface area contributed by atoms with Crippen LogP contribution >= 0.6 is 0 Å². The molecule has 1 heterocycles. The van der Waals surface area contributed by atoms with Gasteiger partial charge in [-0.15, -0.1) is 0 Å². The maximum absolute atomic E-state index is 12.2. The van der Waals surface area contributed by atoms with Gasteiger partial charge in [-0.2, -0.15) is 4.73 Å². The summed E-state index contributed by atoms with van der Waals surface area (Å²) in [4.78, 5) is 22.6. The number of benzene rings is 2.